The number of carbonyl (C=O) groups excluding carboxylic acids is 1. The van der Waals surface area contributed by atoms with E-state index in [2.05, 4.69) is 20.8 Å². The van der Waals surface area contributed by atoms with Gasteiger partial charge in [0.05, 0.1) is 18.7 Å². The Hall–Kier alpha value is -3.32. The minimum atomic E-state index is -4.45. The number of phenolic OH excluding ortho intramolecular Hbond substituents is 1. The minimum Gasteiger partial charge on any atom is -0.506 e. The lowest BCUT2D eigenvalue weighted by molar-refractivity contribution is -0.143. The van der Waals surface area contributed by atoms with Gasteiger partial charge in [-0.2, -0.15) is 13.2 Å². The molecule has 0 spiro atoms. The van der Waals surface area contributed by atoms with Gasteiger partial charge in [-0.1, -0.05) is 69.3 Å². The van der Waals surface area contributed by atoms with Crippen molar-refractivity contribution in [3.63, 3.8) is 0 Å². The molecule has 36 heavy (non-hydrogen) atoms. The third-order valence-corrected chi connectivity index (χ3v) is 7.17. The number of benzene rings is 3. The fourth-order valence-electron chi connectivity index (χ4n) is 4.04. The quantitative estimate of drug-likeness (QED) is 0.282. The zero-order valence-electron chi connectivity index (χ0n) is 20.4. The van der Waals surface area contributed by atoms with Gasteiger partial charge in [-0.05, 0) is 51.8 Å². The second kappa shape index (κ2) is 9.97. The number of anilines is 1. The number of hydrogen-bond donors (Lipinski definition) is 1. The monoisotopic (exact) mass is 511 g/mol. The van der Waals surface area contributed by atoms with Crippen molar-refractivity contribution < 1.29 is 23.1 Å². The number of fused-ring (bicyclic) bond motifs is 1. The Labute approximate surface area is 212 Å². The van der Waals surface area contributed by atoms with Gasteiger partial charge in [-0.3, -0.25) is 4.79 Å². The summed E-state index contributed by atoms with van der Waals surface area (Å²) >= 11 is 1.47. The lowest BCUT2D eigenvalue weighted by atomic mass is 9.86. The van der Waals surface area contributed by atoms with Crippen LogP contribution in [0.3, 0.4) is 0 Å². The molecule has 0 fully saturated rings. The van der Waals surface area contributed by atoms with Crippen LogP contribution in [0.4, 0.5) is 18.9 Å². The average molecular weight is 512 g/mol. The number of carbonyl (C=O) groups is 1. The molecule has 188 valence electrons. The molecule has 1 aromatic heterocycles. The molecule has 7 heteroatoms. The van der Waals surface area contributed by atoms with E-state index in [1.807, 2.05) is 54.6 Å². The fourth-order valence-corrected chi connectivity index (χ4v) is 5.10. The SMILES string of the molecule is CC(C)(C)c1ccc(-c2ccc(O)c(N(Cc3cc4ccccc4s3)C(=O)CCC(F)(F)F)c2)cc1. The predicted octanol–water partition coefficient (Wildman–Crippen LogP) is 8.45. The zero-order chi connectivity index (χ0) is 26.1. The Bertz CT molecular complexity index is 1340. The first-order chi connectivity index (χ1) is 16.9. The van der Waals surface area contributed by atoms with Gasteiger partial charge in [-0.25, -0.2) is 0 Å². The Morgan fingerprint density at radius 1 is 0.917 bits per heavy atom. The molecule has 0 unspecified atom stereocenters. The summed E-state index contributed by atoms with van der Waals surface area (Å²) < 4.78 is 39.8. The van der Waals surface area contributed by atoms with E-state index in [9.17, 15) is 23.1 Å². The molecule has 3 aromatic carbocycles. The maximum Gasteiger partial charge on any atom is 0.389 e. The Morgan fingerprint density at radius 3 is 2.22 bits per heavy atom. The van der Waals surface area contributed by atoms with Crippen LogP contribution in [0.15, 0.2) is 72.8 Å². The second-order valence-corrected chi connectivity index (χ2v) is 11.0. The molecular formula is C29H28F3NO2S. The van der Waals surface area contributed by atoms with Crippen LogP contribution in [-0.2, 0) is 16.8 Å². The maximum atomic E-state index is 13.1. The van der Waals surface area contributed by atoms with Gasteiger partial charge >= 0.3 is 6.18 Å². The van der Waals surface area contributed by atoms with Gasteiger partial charge in [0.2, 0.25) is 5.91 Å². The van der Waals surface area contributed by atoms with Crippen molar-refractivity contribution in [1.82, 2.24) is 0 Å². The lowest BCUT2D eigenvalue weighted by Crippen LogP contribution is -2.31. The van der Waals surface area contributed by atoms with E-state index < -0.39 is 24.9 Å². The first kappa shape index (κ1) is 25.8. The van der Waals surface area contributed by atoms with Crippen molar-refractivity contribution >= 4 is 33.0 Å². The normalized spacial score (nSPS) is 12.2. The van der Waals surface area contributed by atoms with Crippen molar-refractivity contribution in [1.29, 1.82) is 0 Å². The molecule has 3 nitrogen and oxygen atoms in total. The molecule has 0 saturated carbocycles. The highest BCUT2D eigenvalue weighted by Crippen LogP contribution is 2.37. The third-order valence-electron chi connectivity index (χ3n) is 6.06. The summed E-state index contributed by atoms with van der Waals surface area (Å²) in [7, 11) is 0. The molecule has 0 bridgehead atoms. The van der Waals surface area contributed by atoms with E-state index in [-0.39, 0.29) is 23.4 Å². The van der Waals surface area contributed by atoms with Gasteiger partial charge in [-0.15, -0.1) is 11.3 Å². The number of phenols is 1. The van der Waals surface area contributed by atoms with Gasteiger partial charge < -0.3 is 10.0 Å². The van der Waals surface area contributed by atoms with Crippen LogP contribution in [0.2, 0.25) is 0 Å². The van der Waals surface area contributed by atoms with Crippen molar-refractivity contribution in [2.24, 2.45) is 0 Å². The topological polar surface area (TPSA) is 40.5 Å². The average Bonchev–Trinajstić information content (AvgIpc) is 3.23. The third kappa shape index (κ3) is 6.08. The Kier molecular flexibility index (Phi) is 7.14. The fraction of sp³-hybridized carbons (Fsp3) is 0.276. The number of alkyl halides is 3. The van der Waals surface area contributed by atoms with E-state index in [0.717, 1.165) is 26.1 Å². The van der Waals surface area contributed by atoms with Crippen molar-refractivity contribution in [2.45, 2.75) is 51.7 Å². The van der Waals surface area contributed by atoms with Gasteiger partial charge in [0.15, 0.2) is 0 Å². The van der Waals surface area contributed by atoms with Crippen molar-refractivity contribution in [3.8, 4) is 16.9 Å². The summed E-state index contributed by atoms with van der Waals surface area (Å²) in [4.78, 5) is 15.2. The van der Waals surface area contributed by atoms with Crippen LogP contribution >= 0.6 is 11.3 Å². The maximum absolute atomic E-state index is 13.1. The van der Waals surface area contributed by atoms with E-state index in [1.54, 1.807) is 12.1 Å². The molecule has 1 heterocycles. The number of hydrogen-bond acceptors (Lipinski definition) is 3. The number of aromatic hydroxyl groups is 1. The van der Waals surface area contributed by atoms with Crippen LogP contribution in [0.5, 0.6) is 5.75 Å². The van der Waals surface area contributed by atoms with Gasteiger partial charge in [0, 0.05) is 16.0 Å². The first-order valence-electron chi connectivity index (χ1n) is 11.7. The van der Waals surface area contributed by atoms with Crippen LogP contribution in [0.25, 0.3) is 21.2 Å². The smallest absolute Gasteiger partial charge is 0.389 e. The summed E-state index contributed by atoms with van der Waals surface area (Å²) in [6, 6.07) is 22.5. The van der Waals surface area contributed by atoms with Crippen LogP contribution in [0.1, 0.15) is 44.1 Å². The van der Waals surface area contributed by atoms with Crippen LogP contribution in [-0.4, -0.2) is 17.2 Å². The Morgan fingerprint density at radius 2 is 1.58 bits per heavy atom. The molecule has 0 aliphatic carbocycles. The molecule has 1 amide bonds. The molecule has 1 N–H and O–H groups in total. The zero-order valence-corrected chi connectivity index (χ0v) is 21.2. The van der Waals surface area contributed by atoms with E-state index in [0.29, 0.717) is 0 Å². The number of thiophene rings is 1. The lowest BCUT2D eigenvalue weighted by Gasteiger charge is -2.24. The Balaban J connectivity index is 1.71. The van der Waals surface area contributed by atoms with Crippen LogP contribution < -0.4 is 4.90 Å². The molecule has 0 aliphatic rings. The van der Waals surface area contributed by atoms with E-state index >= 15 is 0 Å². The van der Waals surface area contributed by atoms with E-state index in [4.69, 9.17) is 0 Å². The molecule has 0 atom stereocenters. The molecule has 0 saturated heterocycles. The number of nitrogens with zero attached hydrogens (tertiary/aromatic N) is 1. The molecule has 0 radical (unpaired) electrons. The molecule has 4 aromatic rings. The predicted molar refractivity (Wildman–Crippen MR) is 141 cm³/mol. The summed E-state index contributed by atoms with van der Waals surface area (Å²) in [5.74, 6) is -0.855. The molecule has 4 rings (SSSR count). The van der Waals surface area contributed by atoms with Crippen molar-refractivity contribution in [3.05, 3.63) is 83.2 Å². The molecular weight excluding hydrogens is 483 g/mol. The second-order valence-electron chi connectivity index (χ2n) is 9.88. The highest BCUT2D eigenvalue weighted by molar-refractivity contribution is 7.19. The standard InChI is InChI=1S/C29H28F3NO2S/c1-28(2,3)22-11-8-19(9-12-22)20-10-13-25(34)24(17-20)33(27(35)14-15-29(30,31)32)18-23-16-21-6-4-5-7-26(21)36-23/h4-13,16-17,34H,14-15,18H2,1-3H3. The van der Waals surface area contributed by atoms with Gasteiger partial charge in [0.25, 0.3) is 0 Å². The van der Waals surface area contributed by atoms with E-state index in [1.165, 1.54) is 27.9 Å². The first-order valence-corrected chi connectivity index (χ1v) is 12.5. The highest BCUT2D eigenvalue weighted by Gasteiger charge is 2.30. The summed E-state index contributed by atoms with van der Waals surface area (Å²) in [6.07, 6.45) is -6.36. The highest BCUT2D eigenvalue weighted by atomic mass is 32.1. The summed E-state index contributed by atoms with van der Waals surface area (Å²) in [5.41, 5.74) is 2.99. The summed E-state index contributed by atoms with van der Waals surface area (Å²) in [5, 5.41) is 11.7. The number of amides is 1. The van der Waals surface area contributed by atoms with Gasteiger partial charge in [0.1, 0.15) is 5.75 Å². The van der Waals surface area contributed by atoms with Crippen molar-refractivity contribution in [2.75, 3.05) is 4.90 Å². The number of halogens is 3. The minimum absolute atomic E-state index is 0.00933. The van der Waals surface area contributed by atoms with Crippen LogP contribution in [0, 0.1) is 0 Å². The summed E-state index contributed by atoms with van der Waals surface area (Å²) in [6.45, 7) is 6.44. The largest absolute Gasteiger partial charge is 0.506 e. The number of rotatable bonds is 6. The molecule has 0 aliphatic heterocycles.